The first-order valence-electron chi connectivity index (χ1n) is 10.3. The van der Waals surface area contributed by atoms with E-state index in [1.165, 1.54) is 18.2 Å². The first kappa shape index (κ1) is 26.3. The van der Waals surface area contributed by atoms with E-state index in [0.29, 0.717) is 0 Å². The van der Waals surface area contributed by atoms with Crippen molar-refractivity contribution in [2.75, 3.05) is 23.7 Å². The van der Waals surface area contributed by atoms with Gasteiger partial charge in [-0.25, -0.2) is 8.42 Å². The van der Waals surface area contributed by atoms with Gasteiger partial charge in [-0.2, -0.15) is 0 Å². The zero-order valence-electron chi connectivity index (χ0n) is 19.0. The molecule has 6 nitrogen and oxygen atoms in total. The lowest BCUT2D eigenvalue weighted by molar-refractivity contribution is -0.122. The van der Waals surface area contributed by atoms with Crippen molar-refractivity contribution >= 4 is 44.8 Å². The number of para-hydroxylation sites is 1. The van der Waals surface area contributed by atoms with Gasteiger partial charge in [-0.3, -0.25) is 9.10 Å². The lowest BCUT2D eigenvalue weighted by Gasteiger charge is -2.30. The van der Waals surface area contributed by atoms with E-state index in [1.54, 1.807) is 6.92 Å². The molecule has 1 atom stereocenters. The summed E-state index contributed by atoms with van der Waals surface area (Å²) in [5.41, 5.74) is 1.22. The van der Waals surface area contributed by atoms with E-state index in [-0.39, 0.29) is 40.7 Å². The monoisotopic (exact) mass is 500 g/mol. The number of sulfonamides is 1. The van der Waals surface area contributed by atoms with Gasteiger partial charge in [0.2, 0.25) is 15.9 Å². The van der Waals surface area contributed by atoms with Crippen LogP contribution in [0, 0.1) is 0 Å². The second-order valence-electron chi connectivity index (χ2n) is 8.50. The van der Waals surface area contributed by atoms with Crippen molar-refractivity contribution in [3.05, 3.63) is 58.1 Å². The molecule has 2 aromatic rings. The predicted molar refractivity (Wildman–Crippen MR) is 132 cm³/mol. The number of carbonyl (C=O) groups excluding carboxylic acids is 1. The van der Waals surface area contributed by atoms with Gasteiger partial charge in [0.25, 0.3) is 0 Å². The Balaban J connectivity index is 2.12. The number of ether oxygens (including phenoxy) is 1. The molecule has 0 aliphatic heterocycles. The Morgan fingerprint density at radius 2 is 1.72 bits per heavy atom. The normalized spacial score (nSPS) is 12.8. The molecular formula is C23H30Cl2N2O4S. The minimum Gasteiger partial charge on any atom is -0.491 e. The van der Waals surface area contributed by atoms with Gasteiger partial charge in [-0.1, -0.05) is 69.1 Å². The first-order valence-corrected chi connectivity index (χ1v) is 12.9. The standard InChI is InChI=1S/C23H30Cl2N2O4S/c1-6-20(27(32(5,29)30)18-14-16(24)13-17(25)15-18)22(28)26-11-12-31-21-10-8-7-9-19(21)23(2,3)4/h7-10,13-15,20H,6,11-12H2,1-5H3,(H,26,28)/t20-/m1/s1. The average Bonchev–Trinajstić information content (AvgIpc) is 2.66. The largest absolute Gasteiger partial charge is 0.491 e. The third-order valence-corrected chi connectivity index (χ3v) is 6.40. The van der Waals surface area contributed by atoms with Crippen LogP contribution in [0.15, 0.2) is 42.5 Å². The van der Waals surface area contributed by atoms with E-state index >= 15 is 0 Å². The summed E-state index contributed by atoms with van der Waals surface area (Å²) < 4.78 is 32.0. The smallest absolute Gasteiger partial charge is 0.244 e. The first-order chi connectivity index (χ1) is 14.8. The zero-order chi connectivity index (χ0) is 24.1. The summed E-state index contributed by atoms with van der Waals surface area (Å²) in [6, 6.07) is 11.3. The second-order valence-corrected chi connectivity index (χ2v) is 11.2. The molecule has 176 valence electrons. The van der Waals surface area contributed by atoms with Crippen LogP contribution >= 0.6 is 23.2 Å². The van der Waals surface area contributed by atoms with Gasteiger partial charge >= 0.3 is 0 Å². The van der Waals surface area contributed by atoms with Crippen molar-refractivity contribution in [2.45, 2.75) is 45.6 Å². The molecule has 1 N–H and O–H groups in total. The molecule has 0 fully saturated rings. The van der Waals surface area contributed by atoms with Crippen molar-refractivity contribution in [3.8, 4) is 5.75 Å². The van der Waals surface area contributed by atoms with Gasteiger partial charge in [0.1, 0.15) is 18.4 Å². The molecule has 0 aliphatic rings. The maximum Gasteiger partial charge on any atom is 0.244 e. The molecule has 0 aliphatic carbocycles. The number of nitrogens with one attached hydrogen (secondary N) is 1. The topological polar surface area (TPSA) is 75.7 Å². The fraction of sp³-hybridized carbons (Fsp3) is 0.435. The highest BCUT2D eigenvalue weighted by atomic mass is 35.5. The van der Waals surface area contributed by atoms with Crippen LogP contribution in [0.5, 0.6) is 5.75 Å². The van der Waals surface area contributed by atoms with E-state index in [9.17, 15) is 13.2 Å². The molecule has 0 spiro atoms. The van der Waals surface area contributed by atoms with Gasteiger partial charge in [0.15, 0.2) is 0 Å². The fourth-order valence-corrected chi connectivity index (χ4v) is 5.10. The lowest BCUT2D eigenvalue weighted by Crippen LogP contribution is -2.50. The van der Waals surface area contributed by atoms with E-state index < -0.39 is 22.0 Å². The van der Waals surface area contributed by atoms with Crippen LogP contribution in [0.2, 0.25) is 10.0 Å². The highest BCUT2D eigenvalue weighted by molar-refractivity contribution is 7.92. The molecule has 1 amide bonds. The summed E-state index contributed by atoms with van der Waals surface area (Å²) in [6.07, 6.45) is 1.31. The molecular weight excluding hydrogens is 471 g/mol. The van der Waals surface area contributed by atoms with Gasteiger partial charge in [-0.15, -0.1) is 0 Å². The highest BCUT2D eigenvalue weighted by Gasteiger charge is 2.31. The Morgan fingerprint density at radius 1 is 1.12 bits per heavy atom. The summed E-state index contributed by atoms with van der Waals surface area (Å²) in [4.78, 5) is 12.9. The van der Waals surface area contributed by atoms with Crippen LogP contribution in [-0.4, -0.2) is 39.8 Å². The maximum absolute atomic E-state index is 12.9. The average molecular weight is 501 g/mol. The summed E-state index contributed by atoms with van der Waals surface area (Å²) in [5.74, 6) is 0.328. The number of nitrogens with zero attached hydrogens (tertiary/aromatic N) is 1. The molecule has 9 heteroatoms. The molecule has 0 aromatic heterocycles. The molecule has 32 heavy (non-hydrogen) atoms. The highest BCUT2D eigenvalue weighted by Crippen LogP contribution is 2.31. The molecule has 0 saturated heterocycles. The minimum atomic E-state index is -3.78. The van der Waals surface area contributed by atoms with Crippen molar-refractivity contribution in [1.82, 2.24) is 5.32 Å². The van der Waals surface area contributed by atoms with Crippen LogP contribution < -0.4 is 14.4 Å². The third-order valence-electron chi connectivity index (χ3n) is 4.79. The second kappa shape index (κ2) is 10.8. The van der Waals surface area contributed by atoms with Crippen molar-refractivity contribution < 1.29 is 17.9 Å². The Morgan fingerprint density at radius 3 is 2.25 bits per heavy atom. The van der Waals surface area contributed by atoms with Gasteiger partial charge in [0.05, 0.1) is 18.5 Å². The summed E-state index contributed by atoms with van der Waals surface area (Å²) in [7, 11) is -3.78. The summed E-state index contributed by atoms with van der Waals surface area (Å²) in [6.45, 7) is 8.52. The molecule has 2 aromatic carbocycles. The van der Waals surface area contributed by atoms with Crippen molar-refractivity contribution in [3.63, 3.8) is 0 Å². The van der Waals surface area contributed by atoms with E-state index in [2.05, 4.69) is 26.1 Å². The quantitative estimate of drug-likeness (QED) is 0.489. The molecule has 0 saturated carbocycles. The Labute approximate surface area is 200 Å². The van der Waals surface area contributed by atoms with Gasteiger partial charge in [0, 0.05) is 10.0 Å². The van der Waals surface area contributed by atoms with Crippen LogP contribution in [0.4, 0.5) is 5.69 Å². The van der Waals surface area contributed by atoms with Crippen molar-refractivity contribution in [1.29, 1.82) is 0 Å². The molecule has 0 unspecified atom stereocenters. The predicted octanol–water partition coefficient (Wildman–Crippen LogP) is 5.03. The molecule has 0 radical (unpaired) electrons. The van der Waals surface area contributed by atoms with E-state index in [1.807, 2.05) is 24.3 Å². The summed E-state index contributed by atoms with van der Waals surface area (Å²) in [5, 5.41) is 3.34. The van der Waals surface area contributed by atoms with Crippen LogP contribution in [-0.2, 0) is 20.2 Å². The van der Waals surface area contributed by atoms with Gasteiger partial charge in [-0.05, 0) is 41.7 Å². The number of hydrogen-bond acceptors (Lipinski definition) is 4. The Kier molecular flexibility index (Phi) is 8.85. The number of anilines is 1. The Hall–Kier alpha value is -1.96. The van der Waals surface area contributed by atoms with Crippen LogP contribution in [0.25, 0.3) is 0 Å². The Bertz CT molecular complexity index is 1030. The number of benzene rings is 2. The number of carbonyl (C=O) groups is 1. The SMILES string of the molecule is CC[C@H](C(=O)NCCOc1ccccc1C(C)(C)C)N(c1cc(Cl)cc(Cl)c1)S(C)(=O)=O. The number of hydrogen-bond donors (Lipinski definition) is 1. The number of halogens is 2. The summed E-state index contributed by atoms with van der Waals surface area (Å²) >= 11 is 12.1. The van der Waals surface area contributed by atoms with E-state index in [4.69, 9.17) is 27.9 Å². The third kappa shape index (κ3) is 7.02. The fourth-order valence-electron chi connectivity index (χ4n) is 3.39. The molecule has 0 heterocycles. The zero-order valence-corrected chi connectivity index (χ0v) is 21.3. The van der Waals surface area contributed by atoms with Crippen molar-refractivity contribution in [2.24, 2.45) is 0 Å². The van der Waals surface area contributed by atoms with Gasteiger partial charge < -0.3 is 10.1 Å². The maximum atomic E-state index is 12.9. The molecule has 2 rings (SSSR count). The minimum absolute atomic E-state index is 0.0820. The number of amides is 1. The van der Waals surface area contributed by atoms with Crippen LogP contribution in [0.1, 0.15) is 39.7 Å². The molecule has 0 bridgehead atoms. The lowest BCUT2D eigenvalue weighted by atomic mass is 9.86. The van der Waals surface area contributed by atoms with E-state index in [0.717, 1.165) is 21.9 Å². The number of rotatable bonds is 9. The van der Waals surface area contributed by atoms with Crippen LogP contribution in [0.3, 0.4) is 0 Å².